The van der Waals surface area contributed by atoms with E-state index in [-0.39, 0.29) is 4.99 Å². The van der Waals surface area contributed by atoms with E-state index in [0.717, 1.165) is 6.42 Å². The summed E-state index contributed by atoms with van der Waals surface area (Å²) in [5.74, 6) is 0. The Hall–Kier alpha value is -0.200. The lowest BCUT2D eigenvalue weighted by Crippen LogP contribution is -2.43. The molecule has 0 amide bonds. The monoisotopic (exact) mass is 238 g/mol. The molecule has 0 bridgehead atoms. The molecule has 0 radical (unpaired) electrons. The second kappa shape index (κ2) is 5.63. The standard InChI is InChI=1S/C8H18N2O2S2/c1-4-6-10(5-2)14(11,12)7(3)8(9)13/h7H,4-6H2,1-3H3,(H2,9,13). The van der Waals surface area contributed by atoms with Crippen LogP contribution in [0.3, 0.4) is 0 Å². The van der Waals surface area contributed by atoms with E-state index in [0.29, 0.717) is 13.1 Å². The Kier molecular flexibility index (Phi) is 5.54. The van der Waals surface area contributed by atoms with Crippen LogP contribution >= 0.6 is 12.2 Å². The maximum absolute atomic E-state index is 11.9. The molecule has 0 heterocycles. The topological polar surface area (TPSA) is 63.4 Å². The van der Waals surface area contributed by atoms with E-state index >= 15 is 0 Å². The first-order valence-corrected chi connectivity index (χ1v) is 6.57. The fourth-order valence-corrected chi connectivity index (χ4v) is 2.99. The maximum atomic E-state index is 11.9. The summed E-state index contributed by atoms with van der Waals surface area (Å²) in [6.45, 7) is 6.24. The molecule has 0 aliphatic carbocycles. The molecule has 0 aromatic heterocycles. The Labute approximate surface area is 91.5 Å². The van der Waals surface area contributed by atoms with Gasteiger partial charge in [-0.15, -0.1) is 0 Å². The Morgan fingerprint density at radius 2 is 2.00 bits per heavy atom. The van der Waals surface area contributed by atoms with Crippen LogP contribution in [0.1, 0.15) is 27.2 Å². The van der Waals surface area contributed by atoms with E-state index in [4.69, 9.17) is 5.73 Å². The van der Waals surface area contributed by atoms with Crippen molar-refractivity contribution in [3.63, 3.8) is 0 Å². The first-order chi connectivity index (χ1) is 6.37. The molecule has 0 aromatic carbocycles. The fraction of sp³-hybridized carbons (Fsp3) is 0.875. The van der Waals surface area contributed by atoms with Crippen molar-refractivity contribution in [2.45, 2.75) is 32.4 Å². The van der Waals surface area contributed by atoms with Crippen molar-refractivity contribution < 1.29 is 8.42 Å². The number of nitrogens with zero attached hydrogens (tertiary/aromatic N) is 1. The van der Waals surface area contributed by atoms with E-state index in [2.05, 4.69) is 12.2 Å². The van der Waals surface area contributed by atoms with Gasteiger partial charge in [0.15, 0.2) is 0 Å². The maximum Gasteiger partial charge on any atom is 0.223 e. The first kappa shape index (κ1) is 13.8. The van der Waals surface area contributed by atoms with Gasteiger partial charge in [-0.05, 0) is 13.3 Å². The fourth-order valence-electron chi connectivity index (χ4n) is 1.09. The quantitative estimate of drug-likeness (QED) is 0.693. The Morgan fingerprint density at radius 3 is 2.29 bits per heavy atom. The zero-order chi connectivity index (χ0) is 11.4. The normalized spacial score (nSPS) is 14.3. The van der Waals surface area contributed by atoms with Crippen molar-refractivity contribution in [2.24, 2.45) is 5.73 Å². The highest BCUT2D eigenvalue weighted by Gasteiger charge is 2.28. The van der Waals surface area contributed by atoms with Gasteiger partial charge in [0, 0.05) is 13.1 Å². The summed E-state index contributed by atoms with van der Waals surface area (Å²) in [7, 11) is -3.35. The lowest BCUT2D eigenvalue weighted by molar-refractivity contribution is 0.425. The number of rotatable bonds is 6. The molecular weight excluding hydrogens is 220 g/mol. The second-order valence-electron chi connectivity index (χ2n) is 3.08. The van der Waals surface area contributed by atoms with Gasteiger partial charge in [0.05, 0.1) is 4.99 Å². The molecule has 84 valence electrons. The molecule has 6 heteroatoms. The largest absolute Gasteiger partial charge is 0.392 e. The molecular formula is C8H18N2O2S2. The summed E-state index contributed by atoms with van der Waals surface area (Å²) in [6, 6.07) is 0. The minimum absolute atomic E-state index is 0.0274. The van der Waals surface area contributed by atoms with E-state index in [9.17, 15) is 8.42 Å². The van der Waals surface area contributed by atoms with Crippen molar-refractivity contribution in [3.8, 4) is 0 Å². The zero-order valence-corrected chi connectivity index (χ0v) is 10.5. The van der Waals surface area contributed by atoms with E-state index in [1.54, 1.807) is 6.92 Å². The van der Waals surface area contributed by atoms with Gasteiger partial charge >= 0.3 is 0 Å². The number of hydrogen-bond donors (Lipinski definition) is 1. The summed E-state index contributed by atoms with van der Waals surface area (Å²) in [4.78, 5) is 0.0274. The molecule has 0 spiro atoms. The van der Waals surface area contributed by atoms with Crippen LogP contribution in [0.4, 0.5) is 0 Å². The Bertz CT molecular complexity index is 288. The lowest BCUT2D eigenvalue weighted by atomic mass is 10.5. The highest BCUT2D eigenvalue weighted by atomic mass is 32.2. The van der Waals surface area contributed by atoms with Crippen LogP contribution in [0.5, 0.6) is 0 Å². The SMILES string of the molecule is CCCN(CC)S(=O)(=O)C(C)C(N)=S. The van der Waals surface area contributed by atoms with Crippen LogP contribution < -0.4 is 5.73 Å². The number of sulfonamides is 1. The molecule has 0 aliphatic heterocycles. The van der Waals surface area contributed by atoms with Crippen molar-refractivity contribution >= 4 is 27.2 Å². The van der Waals surface area contributed by atoms with E-state index in [1.807, 2.05) is 6.92 Å². The third-order valence-electron chi connectivity index (χ3n) is 2.03. The van der Waals surface area contributed by atoms with E-state index in [1.165, 1.54) is 11.2 Å². The third-order valence-corrected chi connectivity index (χ3v) is 4.84. The predicted octanol–water partition coefficient (Wildman–Crippen LogP) is 0.723. The van der Waals surface area contributed by atoms with Gasteiger partial charge in [0.2, 0.25) is 10.0 Å². The van der Waals surface area contributed by atoms with Gasteiger partial charge in [-0.3, -0.25) is 0 Å². The highest BCUT2D eigenvalue weighted by Crippen LogP contribution is 2.09. The number of thiocarbonyl (C=S) groups is 1. The van der Waals surface area contributed by atoms with E-state index < -0.39 is 15.3 Å². The van der Waals surface area contributed by atoms with Gasteiger partial charge in [-0.2, -0.15) is 0 Å². The predicted molar refractivity (Wildman–Crippen MR) is 62.7 cm³/mol. The summed E-state index contributed by atoms with van der Waals surface area (Å²) < 4.78 is 25.1. The minimum Gasteiger partial charge on any atom is -0.392 e. The molecule has 1 atom stereocenters. The Morgan fingerprint density at radius 1 is 1.50 bits per heavy atom. The molecule has 0 rings (SSSR count). The van der Waals surface area contributed by atoms with Gasteiger partial charge < -0.3 is 5.73 Å². The van der Waals surface area contributed by atoms with Crippen LogP contribution in [-0.2, 0) is 10.0 Å². The molecule has 0 aromatic rings. The van der Waals surface area contributed by atoms with Gasteiger partial charge in [-0.1, -0.05) is 26.1 Å². The molecule has 1 unspecified atom stereocenters. The molecule has 0 saturated carbocycles. The number of hydrogen-bond acceptors (Lipinski definition) is 3. The van der Waals surface area contributed by atoms with Gasteiger partial charge in [0.25, 0.3) is 0 Å². The first-order valence-electron chi connectivity index (χ1n) is 4.66. The lowest BCUT2D eigenvalue weighted by Gasteiger charge is -2.23. The second-order valence-corrected chi connectivity index (χ2v) is 5.81. The van der Waals surface area contributed by atoms with Crippen molar-refractivity contribution in [1.82, 2.24) is 4.31 Å². The van der Waals surface area contributed by atoms with Crippen LogP contribution in [0.2, 0.25) is 0 Å². The Balaban J connectivity index is 4.82. The van der Waals surface area contributed by atoms with Crippen LogP contribution in [0.15, 0.2) is 0 Å². The molecule has 0 saturated heterocycles. The van der Waals surface area contributed by atoms with Crippen molar-refractivity contribution in [2.75, 3.05) is 13.1 Å². The minimum atomic E-state index is -3.35. The third kappa shape index (κ3) is 3.18. The molecule has 0 aliphatic rings. The summed E-state index contributed by atoms with van der Waals surface area (Å²) >= 11 is 4.69. The zero-order valence-electron chi connectivity index (χ0n) is 8.86. The average Bonchev–Trinajstić information content (AvgIpc) is 2.12. The number of nitrogens with two attached hydrogens (primary N) is 1. The molecule has 2 N–H and O–H groups in total. The van der Waals surface area contributed by atoms with Crippen molar-refractivity contribution in [3.05, 3.63) is 0 Å². The molecule has 0 fully saturated rings. The summed E-state index contributed by atoms with van der Waals surface area (Å²) in [5, 5.41) is -0.774. The van der Waals surface area contributed by atoms with Crippen LogP contribution in [0, 0.1) is 0 Å². The van der Waals surface area contributed by atoms with Crippen molar-refractivity contribution in [1.29, 1.82) is 0 Å². The highest BCUT2D eigenvalue weighted by molar-refractivity contribution is 7.92. The molecule has 4 nitrogen and oxygen atoms in total. The smallest absolute Gasteiger partial charge is 0.223 e. The molecule has 14 heavy (non-hydrogen) atoms. The van der Waals surface area contributed by atoms with Crippen LogP contribution in [-0.4, -0.2) is 36.1 Å². The summed E-state index contributed by atoms with van der Waals surface area (Å²) in [5.41, 5.74) is 5.34. The summed E-state index contributed by atoms with van der Waals surface area (Å²) in [6.07, 6.45) is 0.789. The van der Waals surface area contributed by atoms with Gasteiger partial charge in [0.1, 0.15) is 5.25 Å². The van der Waals surface area contributed by atoms with Gasteiger partial charge in [-0.25, -0.2) is 12.7 Å². The average molecular weight is 238 g/mol. The van der Waals surface area contributed by atoms with Crippen LogP contribution in [0.25, 0.3) is 0 Å².